The molecule has 0 aliphatic carbocycles. The third kappa shape index (κ3) is 6.68. The summed E-state index contributed by atoms with van der Waals surface area (Å²) >= 11 is 0. The highest BCUT2D eigenvalue weighted by atomic mass is 16.5. The lowest BCUT2D eigenvalue weighted by Gasteiger charge is -2.16. The zero-order valence-electron chi connectivity index (χ0n) is 10.4. The van der Waals surface area contributed by atoms with Gasteiger partial charge in [0.25, 0.3) is 0 Å². The number of aliphatic hydroxyl groups excluding tert-OH is 2. The van der Waals surface area contributed by atoms with Gasteiger partial charge in [-0.1, -0.05) is 0 Å². The Bertz CT molecular complexity index is 338. The number of hydrogen-bond acceptors (Lipinski definition) is 6. The summed E-state index contributed by atoms with van der Waals surface area (Å²) in [6.07, 6.45) is 4.42. The molecule has 0 heterocycles. The molecule has 0 aromatic rings. The molecule has 0 aliphatic rings. The predicted molar refractivity (Wildman–Crippen MR) is 65.2 cm³/mol. The largest absolute Gasteiger partial charge is 0.462 e. The molecule has 6 heteroatoms. The summed E-state index contributed by atoms with van der Waals surface area (Å²) in [5.74, 6) is -0.666. The molecule has 0 amide bonds. The van der Waals surface area contributed by atoms with Crippen molar-refractivity contribution in [3.63, 3.8) is 0 Å². The molecule has 0 rings (SSSR count). The fraction of sp³-hybridized carbons (Fsp3) is 0.500. The zero-order valence-corrected chi connectivity index (χ0v) is 10.4. The lowest BCUT2D eigenvalue weighted by molar-refractivity contribution is -0.138. The predicted octanol–water partition coefficient (Wildman–Crippen LogP) is -0.200. The van der Waals surface area contributed by atoms with Gasteiger partial charge in [-0.2, -0.15) is 5.26 Å². The summed E-state index contributed by atoms with van der Waals surface area (Å²) in [5, 5.41) is 26.3. The Morgan fingerprint density at radius 3 is 2.44 bits per heavy atom. The molecule has 2 N–H and O–H groups in total. The van der Waals surface area contributed by atoms with E-state index in [1.165, 1.54) is 12.2 Å². The van der Waals surface area contributed by atoms with Crippen LogP contribution in [0, 0.1) is 11.3 Å². The first-order valence-electron chi connectivity index (χ1n) is 5.61. The van der Waals surface area contributed by atoms with Crippen LogP contribution >= 0.6 is 0 Å². The van der Waals surface area contributed by atoms with Gasteiger partial charge in [-0.3, -0.25) is 0 Å². The summed E-state index contributed by atoms with van der Waals surface area (Å²) < 4.78 is 4.69. The third-order valence-electron chi connectivity index (χ3n) is 1.95. The highest BCUT2D eigenvalue weighted by molar-refractivity contribution is 5.93. The first-order chi connectivity index (χ1) is 8.69. The normalized spacial score (nSPS) is 11.3. The van der Waals surface area contributed by atoms with E-state index in [-0.39, 0.29) is 25.4 Å². The zero-order chi connectivity index (χ0) is 13.8. The standard InChI is InChI=1S/C12H18N2O4/c1-2-18-12(17)11(10-13)4-3-5-14(6-8-15)7-9-16/h3-5,15-16H,2,6-9H2,1H3/b5-3+,11-4-. The van der Waals surface area contributed by atoms with Gasteiger partial charge in [0.05, 0.1) is 19.8 Å². The second kappa shape index (κ2) is 10.3. The van der Waals surface area contributed by atoms with E-state index in [0.717, 1.165) is 0 Å². The van der Waals surface area contributed by atoms with Crippen molar-refractivity contribution >= 4 is 5.97 Å². The van der Waals surface area contributed by atoms with Crippen molar-refractivity contribution in [2.75, 3.05) is 32.9 Å². The van der Waals surface area contributed by atoms with Crippen LogP contribution in [0.5, 0.6) is 0 Å². The number of aliphatic hydroxyl groups is 2. The molecule has 0 bridgehead atoms. The van der Waals surface area contributed by atoms with Crippen molar-refractivity contribution in [1.82, 2.24) is 4.90 Å². The molecule has 100 valence electrons. The van der Waals surface area contributed by atoms with Crippen molar-refractivity contribution < 1.29 is 19.7 Å². The van der Waals surface area contributed by atoms with Crippen LogP contribution in [0.25, 0.3) is 0 Å². The number of carbonyl (C=O) groups is 1. The van der Waals surface area contributed by atoms with Crippen molar-refractivity contribution in [1.29, 1.82) is 5.26 Å². The summed E-state index contributed by atoms with van der Waals surface area (Å²) in [5.41, 5.74) is -0.0963. The lowest BCUT2D eigenvalue weighted by Crippen LogP contribution is -2.24. The minimum atomic E-state index is -0.666. The van der Waals surface area contributed by atoms with E-state index in [1.54, 1.807) is 24.1 Å². The van der Waals surface area contributed by atoms with Crippen LogP contribution in [0.4, 0.5) is 0 Å². The second-order valence-electron chi connectivity index (χ2n) is 3.24. The van der Waals surface area contributed by atoms with E-state index in [4.69, 9.17) is 20.2 Å². The Morgan fingerprint density at radius 2 is 2.00 bits per heavy atom. The summed E-state index contributed by atoms with van der Waals surface area (Å²) in [4.78, 5) is 12.9. The fourth-order valence-corrected chi connectivity index (χ4v) is 1.14. The molecule has 0 aliphatic heterocycles. The maximum atomic E-state index is 11.3. The minimum Gasteiger partial charge on any atom is -0.462 e. The SMILES string of the molecule is CCOC(=O)/C(C#N)=C\C=C\N(CCO)CCO. The highest BCUT2D eigenvalue weighted by Crippen LogP contribution is 1.98. The molecular formula is C12H18N2O4. The Morgan fingerprint density at radius 1 is 1.39 bits per heavy atom. The van der Waals surface area contributed by atoms with E-state index < -0.39 is 5.97 Å². The van der Waals surface area contributed by atoms with Gasteiger partial charge in [0.2, 0.25) is 0 Å². The molecule has 0 saturated heterocycles. The Hall–Kier alpha value is -1.84. The molecule has 18 heavy (non-hydrogen) atoms. The molecule has 0 aromatic carbocycles. The van der Waals surface area contributed by atoms with Crippen molar-refractivity contribution in [3.8, 4) is 6.07 Å². The quantitative estimate of drug-likeness (QED) is 0.270. The van der Waals surface area contributed by atoms with Gasteiger partial charge in [-0.05, 0) is 25.3 Å². The maximum absolute atomic E-state index is 11.3. The van der Waals surface area contributed by atoms with E-state index in [2.05, 4.69) is 0 Å². The number of hydrogen-bond donors (Lipinski definition) is 2. The molecule has 0 saturated carbocycles. The number of rotatable bonds is 8. The lowest BCUT2D eigenvalue weighted by atomic mass is 10.2. The van der Waals surface area contributed by atoms with Gasteiger partial charge < -0.3 is 19.8 Å². The molecule has 0 atom stereocenters. The van der Waals surface area contributed by atoms with Crippen molar-refractivity contribution in [3.05, 3.63) is 23.9 Å². The minimum absolute atomic E-state index is 0.0446. The van der Waals surface area contributed by atoms with Gasteiger partial charge in [-0.25, -0.2) is 4.79 Å². The van der Waals surface area contributed by atoms with E-state index in [9.17, 15) is 4.79 Å². The smallest absolute Gasteiger partial charge is 0.348 e. The number of carbonyl (C=O) groups excluding carboxylic acids is 1. The molecular weight excluding hydrogens is 236 g/mol. The van der Waals surface area contributed by atoms with Crippen molar-refractivity contribution in [2.45, 2.75) is 6.92 Å². The molecule has 0 unspecified atom stereocenters. The summed E-state index contributed by atoms with van der Waals surface area (Å²) in [6.45, 7) is 2.52. The van der Waals surface area contributed by atoms with Crippen LogP contribution in [0.1, 0.15) is 6.92 Å². The van der Waals surface area contributed by atoms with E-state index >= 15 is 0 Å². The third-order valence-corrected chi connectivity index (χ3v) is 1.95. The van der Waals surface area contributed by atoms with Crippen LogP contribution in [0.2, 0.25) is 0 Å². The van der Waals surface area contributed by atoms with Gasteiger partial charge in [0, 0.05) is 13.1 Å². The average molecular weight is 254 g/mol. The Labute approximate surface area is 106 Å². The van der Waals surface area contributed by atoms with Gasteiger partial charge >= 0.3 is 5.97 Å². The molecule has 0 radical (unpaired) electrons. The van der Waals surface area contributed by atoms with Gasteiger partial charge in [0.15, 0.2) is 0 Å². The Kier molecular flexibility index (Phi) is 9.27. The molecule has 0 spiro atoms. The van der Waals surface area contributed by atoms with E-state index in [0.29, 0.717) is 13.1 Å². The first kappa shape index (κ1) is 16.2. The number of esters is 1. The van der Waals surface area contributed by atoms with Crippen LogP contribution in [-0.2, 0) is 9.53 Å². The number of nitrogens with zero attached hydrogens (tertiary/aromatic N) is 2. The highest BCUT2D eigenvalue weighted by Gasteiger charge is 2.07. The molecule has 0 fully saturated rings. The topological polar surface area (TPSA) is 93.8 Å². The fourth-order valence-electron chi connectivity index (χ4n) is 1.14. The first-order valence-corrected chi connectivity index (χ1v) is 5.61. The molecule has 0 aromatic heterocycles. The summed E-state index contributed by atoms with van der Waals surface area (Å²) in [6, 6.07) is 1.74. The van der Waals surface area contributed by atoms with Gasteiger partial charge in [0.1, 0.15) is 11.6 Å². The maximum Gasteiger partial charge on any atom is 0.348 e. The van der Waals surface area contributed by atoms with Crippen LogP contribution in [0.15, 0.2) is 23.9 Å². The number of allylic oxidation sites excluding steroid dienone is 2. The molecule has 6 nitrogen and oxygen atoms in total. The van der Waals surface area contributed by atoms with Crippen LogP contribution in [-0.4, -0.2) is 54.0 Å². The second-order valence-corrected chi connectivity index (χ2v) is 3.24. The van der Waals surface area contributed by atoms with E-state index in [1.807, 2.05) is 0 Å². The Balaban J connectivity index is 4.54. The number of nitriles is 1. The average Bonchev–Trinajstić information content (AvgIpc) is 2.35. The monoisotopic (exact) mass is 254 g/mol. The number of ether oxygens (including phenoxy) is 1. The van der Waals surface area contributed by atoms with Crippen molar-refractivity contribution in [2.24, 2.45) is 0 Å². The van der Waals surface area contributed by atoms with Crippen LogP contribution < -0.4 is 0 Å². The van der Waals surface area contributed by atoms with Gasteiger partial charge in [-0.15, -0.1) is 0 Å². The summed E-state index contributed by atoms with van der Waals surface area (Å²) in [7, 11) is 0. The van der Waals surface area contributed by atoms with Crippen LogP contribution in [0.3, 0.4) is 0 Å².